The van der Waals surface area contributed by atoms with Crippen molar-refractivity contribution in [1.29, 1.82) is 0 Å². The topological polar surface area (TPSA) is 30.7 Å². The van der Waals surface area contributed by atoms with Gasteiger partial charge in [0, 0.05) is 5.56 Å². The summed E-state index contributed by atoms with van der Waals surface area (Å²) in [7, 11) is 0. The lowest BCUT2D eigenvalue weighted by atomic mass is 10.1. The Morgan fingerprint density at radius 3 is 2.24 bits per heavy atom. The SMILES string of the molecule is CCCCc1nnn(-c2ccccc2)c1-c1ccccc1. The van der Waals surface area contributed by atoms with E-state index in [2.05, 4.69) is 53.6 Å². The van der Waals surface area contributed by atoms with Gasteiger partial charge in [0.25, 0.3) is 0 Å². The van der Waals surface area contributed by atoms with Gasteiger partial charge in [0.2, 0.25) is 0 Å². The summed E-state index contributed by atoms with van der Waals surface area (Å²) < 4.78 is 1.94. The molecule has 1 aromatic heterocycles. The van der Waals surface area contributed by atoms with E-state index in [1.165, 1.54) is 0 Å². The van der Waals surface area contributed by atoms with E-state index < -0.39 is 0 Å². The number of unbranched alkanes of at least 4 members (excludes halogenated alkanes) is 1. The summed E-state index contributed by atoms with van der Waals surface area (Å²) in [4.78, 5) is 0. The number of aryl methyl sites for hydroxylation is 1. The molecule has 0 saturated carbocycles. The predicted octanol–water partition coefficient (Wildman–Crippen LogP) is 4.28. The van der Waals surface area contributed by atoms with Gasteiger partial charge in [-0.25, -0.2) is 4.68 Å². The number of hydrogen-bond acceptors (Lipinski definition) is 2. The lowest BCUT2D eigenvalue weighted by molar-refractivity contribution is 0.761. The lowest BCUT2D eigenvalue weighted by Crippen LogP contribution is -2.00. The maximum atomic E-state index is 4.42. The molecule has 0 aliphatic heterocycles. The first-order chi connectivity index (χ1) is 10.4. The quantitative estimate of drug-likeness (QED) is 0.697. The summed E-state index contributed by atoms with van der Waals surface area (Å²) in [6.07, 6.45) is 3.26. The number of benzene rings is 2. The van der Waals surface area contributed by atoms with Gasteiger partial charge < -0.3 is 0 Å². The minimum absolute atomic E-state index is 0.966. The van der Waals surface area contributed by atoms with Crippen molar-refractivity contribution in [1.82, 2.24) is 15.0 Å². The van der Waals surface area contributed by atoms with Crippen LogP contribution in [0.25, 0.3) is 16.9 Å². The third-order valence-electron chi connectivity index (χ3n) is 3.56. The van der Waals surface area contributed by atoms with Gasteiger partial charge in [-0.15, -0.1) is 5.10 Å². The molecule has 106 valence electrons. The first-order valence-electron chi connectivity index (χ1n) is 7.45. The van der Waals surface area contributed by atoms with E-state index in [4.69, 9.17) is 0 Å². The molecule has 0 fully saturated rings. The molecule has 3 heteroatoms. The molecule has 0 aliphatic rings. The van der Waals surface area contributed by atoms with E-state index in [0.29, 0.717) is 0 Å². The fraction of sp³-hybridized carbons (Fsp3) is 0.222. The number of hydrogen-bond donors (Lipinski definition) is 0. The molecule has 0 spiro atoms. The Balaban J connectivity index is 2.11. The Morgan fingerprint density at radius 2 is 1.57 bits per heavy atom. The van der Waals surface area contributed by atoms with Gasteiger partial charge in [-0.05, 0) is 25.0 Å². The summed E-state index contributed by atoms with van der Waals surface area (Å²) in [6, 6.07) is 20.6. The van der Waals surface area contributed by atoms with Crippen LogP contribution in [0.3, 0.4) is 0 Å². The van der Waals surface area contributed by atoms with E-state index in [-0.39, 0.29) is 0 Å². The fourth-order valence-corrected chi connectivity index (χ4v) is 2.46. The molecule has 21 heavy (non-hydrogen) atoms. The third kappa shape index (κ3) is 2.87. The van der Waals surface area contributed by atoms with Crippen LogP contribution in [0.1, 0.15) is 25.5 Å². The Bertz CT molecular complexity index is 687. The molecular weight excluding hydrogens is 258 g/mol. The molecule has 3 aromatic rings. The highest BCUT2D eigenvalue weighted by molar-refractivity contribution is 5.64. The first kappa shape index (κ1) is 13.6. The van der Waals surface area contributed by atoms with Gasteiger partial charge >= 0.3 is 0 Å². The van der Waals surface area contributed by atoms with Crippen LogP contribution >= 0.6 is 0 Å². The highest BCUT2D eigenvalue weighted by atomic mass is 15.4. The van der Waals surface area contributed by atoms with Crippen LogP contribution in [0.5, 0.6) is 0 Å². The van der Waals surface area contributed by atoms with Crippen molar-refractivity contribution < 1.29 is 0 Å². The number of nitrogens with zero attached hydrogens (tertiary/aromatic N) is 3. The van der Waals surface area contributed by atoms with Crippen molar-refractivity contribution in [3.8, 4) is 16.9 Å². The second kappa shape index (κ2) is 6.35. The monoisotopic (exact) mass is 277 g/mol. The van der Waals surface area contributed by atoms with Gasteiger partial charge in [0.15, 0.2) is 0 Å². The highest BCUT2D eigenvalue weighted by Crippen LogP contribution is 2.26. The van der Waals surface area contributed by atoms with Crippen LogP contribution < -0.4 is 0 Å². The molecule has 0 unspecified atom stereocenters. The lowest BCUT2D eigenvalue weighted by Gasteiger charge is -2.08. The largest absolute Gasteiger partial charge is 0.213 e. The predicted molar refractivity (Wildman–Crippen MR) is 85.4 cm³/mol. The summed E-state index contributed by atoms with van der Waals surface area (Å²) in [6.45, 7) is 2.20. The van der Waals surface area contributed by atoms with E-state index in [0.717, 1.165) is 41.9 Å². The normalized spacial score (nSPS) is 10.7. The Kier molecular flexibility index (Phi) is 4.10. The van der Waals surface area contributed by atoms with Crippen molar-refractivity contribution >= 4 is 0 Å². The molecule has 3 nitrogen and oxygen atoms in total. The highest BCUT2D eigenvalue weighted by Gasteiger charge is 2.15. The summed E-state index contributed by atoms with van der Waals surface area (Å²) in [5, 5.41) is 8.80. The summed E-state index contributed by atoms with van der Waals surface area (Å²) >= 11 is 0. The van der Waals surface area contributed by atoms with Crippen molar-refractivity contribution in [2.75, 3.05) is 0 Å². The number of para-hydroxylation sites is 1. The zero-order chi connectivity index (χ0) is 14.5. The van der Waals surface area contributed by atoms with Gasteiger partial charge in [-0.1, -0.05) is 67.1 Å². The van der Waals surface area contributed by atoms with Crippen LogP contribution in [-0.2, 0) is 6.42 Å². The Labute approximate surface area is 125 Å². The number of aromatic nitrogens is 3. The molecule has 0 radical (unpaired) electrons. The smallest absolute Gasteiger partial charge is 0.0976 e. The average Bonchev–Trinajstić information content (AvgIpc) is 2.98. The molecule has 3 rings (SSSR count). The molecule has 0 saturated heterocycles. The van der Waals surface area contributed by atoms with Gasteiger partial charge in [-0.3, -0.25) is 0 Å². The summed E-state index contributed by atoms with van der Waals surface area (Å²) in [5.41, 5.74) is 4.39. The van der Waals surface area contributed by atoms with Crippen molar-refractivity contribution in [2.24, 2.45) is 0 Å². The standard InChI is InChI=1S/C18H19N3/c1-2-3-14-17-18(15-10-6-4-7-11-15)21(20-19-17)16-12-8-5-9-13-16/h4-13H,2-3,14H2,1H3. The average molecular weight is 277 g/mol. The first-order valence-corrected chi connectivity index (χ1v) is 7.45. The van der Waals surface area contributed by atoms with E-state index >= 15 is 0 Å². The summed E-state index contributed by atoms with van der Waals surface area (Å²) in [5.74, 6) is 0. The third-order valence-corrected chi connectivity index (χ3v) is 3.56. The molecular formula is C18H19N3. The molecule has 0 N–H and O–H groups in total. The maximum Gasteiger partial charge on any atom is 0.0976 e. The second-order valence-electron chi connectivity index (χ2n) is 5.10. The van der Waals surface area contributed by atoms with Crippen LogP contribution in [0.2, 0.25) is 0 Å². The molecule has 1 heterocycles. The Hall–Kier alpha value is -2.42. The van der Waals surface area contributed by atoms with Crippen molar-refractivity contribution in [2.45, 2.75) is 26.2 Å². The zero-order valence-electron chi connectivity index (χ0n) is 12.2. The van der Waals surface area contributed by atoms with Crippen LogP contribution in [0, 0.1) is 0 Å². The van der Waals surface area contributed by atoms with Gasteiger partial charge in [0.1, 0.15) is 0 Å². The van der Waals surface area contributed by atoms with Crippen LogP contribution in [0.15, 0.2) is 60.7 Å². The molecule has 0 atom stereocenters. The molecule has 0 bridgehead atoms. The fourth-order valence-electron chi connectivity index (χ4n) is 2.46. The second-order valence-corrected chi connectivity index (χ2v) is 5.10. The minimum atomic E-state index is 0.966. The molecule has 0 aliphatic carbocycles. The maximum absolute atomic E-state index is 4.42. The Morgan fingerprint density at radius 1 is 0.905 bits per heavy atom. The van der Waals surface area contributed by atoms with Crippen LogP contribution in [-0.4, -0.2) is 15.0 Å². The number of rotatable bonds is 5. The van der Waals surface area contributed by atoms with E-state index in [1.807, 2.05) is 28.9 Å². The van der Waals surface area contributed by atoms with Gasteiger partial charge in [-0.2, -0.15) is 0 Å². The van der Waals surface area contributed by atoms with E-state index in [1.54, 1.807) is 0 Å². The molecule has 0 amide bonds. The molecule has 2 aromatic carbocycles. The zero-order valence-corrected chi connectivity index (χ0v) is 12.2. The van der Waals surface area contributed by atoms with Crippen LogP contribution in [0.4, 0.5) is 0 Å². The van der Waals surface area contributed by atoms with Crippen molar-refractivity contribution in [3.63, 3.8) is 0 Å². The van der Waals surface area contributed by atoms with E-state index in [9.17, 15) is 0 Å². The van der Waals surface area contributed by atoms with Crippen molar-refractivity contribution in [3.05, 3.63) is 66.4 Å². The minimum Gasteiger partial charge on any atom is -0.213 e. The van der Waals surface area contributed by atoms with Gasteiger partial charge in [0.05, 0.1) is 17.1 Å².